The molecular formula is C20H22F3N5O2. The second-order valence-electron chi connectivity index (χ2n) is 6.43. The van der Waals surface area contributed by atoms with Crippen LogP contribution in [0.3, 0.4) is 0 Å². The molecule has 1 aromatic carbocycles. The van der Waals surface area contributed by atoms with Crippen molar-refractivity contribution in [3.8, 4) is 0 Å². The number of carbonyl (C=O) groups is 1. The summed E-state index contributed by atoms with van der Waals surface area (Å²) in [6, 6.07) is 6.99. The minimum Gasteiger partial charge on any atom is -0.383 e. The molecule has 2 heterocycles. The van der Waals surface area contributed by atoms with Crippen LogP contribution in [-0.2, 0) is 6.18 Å². The highest BCUT2D eigenvalue weighted by Gasteiger charge is 2.30. The molecule has 1 aliphatic rings. The molecule has 3 rings (SSSR count). The third kappa shape index (κ3) is 5.97. The number of hydrogen-bond donors (Lipinski definition) is 3. The number of aromatic amines is 1. The summed E-state index contributed by atoms with van der Waals surface area (Å²) in [7, 11) is 0. The lowest BCUT2D eigenvalue weighted by atomic mass is 10.1. The Balaban J connectivity index is 0.000000248. The summed E-state index contributed by atoms with van der Waals surface area (Å²) in [4.78, 5) is 29.9. The molecule has 10 heteroatoms. The molecular weight excluding hydrogens is 399 g/mol. The first kappa shape index (κ1) is 22.7. The van der Waals surface area contributed by atoms with E-state index in [-0.39, 0.29) is 0 Å². The van der Waals surface area contributed by atoms with Crippen LogP contribution in [0.1, 0.15) is 34.3 Å². The van der Waals surface area contributed by atoms with Gasteiger partial charge in [0.05, 0.1) is 11.1 Å². The second-order valence-corrected chi connectivity index (χ2v) is 6.43. The van der Waals surface area contributed by atoms with Gasteiger partial charge in [-0.05, 0) is 37.1 Å². The van der Waals surface area contributed by atoms with Gasteiger partial charge in [0.2, 0.25) is 5.56 Å². The largest absolute Gasteiger partial charge is 0.417 e. The number of aromatic nitrogens is 1. The van der Waals surface area contributed by atoms with Gasteiger partial charge in [0.25, 0.3) is 5.91 Å². The third-order valence-electron chi connectivity index (χ3n) is 4.35. The Morgan fingerprint density at radius 1 is 1.17 bits per heavy atom. The standard InChI is InChI=1S/C14H18N4O.C6H4F3NO/c1-2-17-13(15)10-5-6-12(11(9-10)14(16)19)18-7-3-4-8-18;7-6(8,9)4-1-2-5(11)10-3-4/h2,5-6,9H,1,3-4,7-8H2,(H2,15,17)(H2,16,19);1-3H,(H,10,11). The number of rotatable bonds is 4. The van der Waals surface area contributed by atoms with Gasteiger partial charge < -0.3 is 21.4 Å². The number of aliphatic imine (C=N–C) groups is 1. The Bertz CT molecular complexity index is 972. The maximum Gasteiger partial charge on any atom is 0.417 e. The maximum absolute atomic E-state index is 11.8. The highest BCUT2D eigenvalue weighted by molar-refractivity contribution is 6.04. The summed E-state index contributed by atoms with van der Waals surface area (Å²) < 4.78 is 35.4. The number of anilines is 1. The van der Waals surface area contributed by atoms with E-state index in [1.165, 1.54) is 6.20 Å². The van der Waals surface area contributed by atoms with Crippen molar-refractivity contribution in [2.24, 2.45) is 16.5 Å². The molecule has 1 amide bonds. The first-order valence-electron chi connectivity index (χ1n) is 9.02. The van der Waals surface area contributed by atoms with Gasteiger partial charge in [-0.15, -0.1) is 0 Å². The van der Waals surface area contributed by atoms with E-state index in [2.05, 4.69) is 16.5 Å². The molecule has 1 saturated heterocycles. The van der Waals surface area contributed by atoms with Gasteiger partial charge in [0, 0.05) is 42.8 Å². The number of amides is 1. The number of amidine groups is 1. The normalized spacial score (nSPS) is 14.1. The zero-order valence-corrected chi connectivity index (χ0v) is 16.1. The topological polar surface area (TPSA) is 118 Å². The average molecular weight is 421 g/mol. The second kappa shape index (κ2) is 9.77. The fourth-order valence-corrected chi connectivity index (χ4v) is 2.89. The van der Waals surface area contributed by atoms with Gasteiger partial charge in [-0.25, -0.2) is 4.99 Å². The molecule has 30 heavy (non-hydrogen) atoms. The summed E-state index contributed by atoms with van der Waals surface area (Å²) in [5, 5.41) is 0. The van der Waals surface area contributed by atoms with Gasteiger partial charge in [-0.1, -0.05) is 6.58 Å². The monoisotopic (exact) mass is 421 g/mol. The van der Waals surface area contributed by atoms with E-state index in [4.69, 9.17) is 11.5 Å². The lowest BCUT2D eigenvalue weighted by molar-refractivity contribution is -0.137. The van der Waals surface area contributed by atoms with E-state index in [0.29, 0.717) is 23.2 Å². The number of halogens is 3. The zero-order chi connectivity index (χ0) is 22.3. The van der Waals surface area contributed by atoms with Crippen molar-refractivity contribution in [2.75, 3.05) is 18.0 Å². The Hall–Kier alpha value is -3.56. The number of nitrogens with two attached hydrogens (primary N) is 2. The number of H-pyrrole nitrogens is 1. The molecule has 0 unspecified atom stereocenters. The van der Waals surface area contributed by atoms with Crippen LogP contribution in [0.5, 0.6) is 0 Å². The smallest absolute Gasteiger partial charge is 0.383 e. The molecule has 7 nitrogen and oxygen atoms in total. The van der Waals surface area contributed by atoms with Crippen molar-refractivity contribution in [3.63, 3.8) is 0 Å². The minimum absolute atomic E-state index is 0.325. The predicted molar refractivity (Wildman–Crippen MR) is 109 cm³/mol. The van der Waals surface area contributed by atoms with Crippen molar-refractivity contribution in [1.82, 2.24) is 4.98 Å². The van der Waals surface area contributed by atoms with E-state index in [1.54, 1.807) is 6.07 Å². The van der Waals surface area contributed by atoms with Gasteiger partial charge >= 0.3 is 6.18 Å². The SMILES string of the molecule is C=CN=C(N)c1ccc(N2CCCC2)c(C(N)=O)c1.O=c1ccc(C(F)(F)F)c[nH]1. The van der Waals surface area contributed by atoms with E-state index >= 15 is 0 Å². The number of primary amides is 1. The molecule has 1 aromatic heterocycles. The van der Waals surface area contributed by atoms with Gasteiger partial charge in [0.15, 0.2) is 0 Å². The number of alkyl halides is 3. The van der Waals surface area contributed by atoms with Crippen molar-refractivity contribution in [1.29, 1.82) is 0 Å². The number of carbonyl (C=O) groups excluding carboxylic acids is 1. The molecule has 0 spiro atoms. The molecule has 0 saturated carbocycles. The molecule has 2 aromatic rings. The van der Waals surface area contributed by atoms with E-state index < -0.39 is 23.2 Å². The first-order valence-corrected chi connectivity index (χ1v) is 9.02. The quantitative estimate of drug-likeness (QED) is 0.520. The number of hydrogen-bond acceptors (Lipinski definition) is 4. The van der Waals surface area contributed by atoms with Crippen molar-refractivity contribution < 1.29 is 18.0 Å². The Labute approximate surface area is 170 Å². The number of pyridine rings is 1. The molecule has 160 valence electrons. The Morgan fingerprint density at radius 2 is 1.83 bits per heavy atom. The molecule has 0 bridgehead atoms. The van der Waals surface area contributed by atoms with Gasteiger partial charge in [-0.3, -0.25) is 9.59 Å². The zero-order valence-electron chi connectivity index (χ0n) is 16.1. The van der Waals surface area contributed by atoms with Crippen LogP contribution in [0.2, 0.25) is 0 Å². The van der Waals surface area contributed by atoms with Crippen LogP contribution in [-0.4, -0.2) is 29.8 Å². The van der Waals surface area contributed by atoms with Crippen molar-refractivity contribution in [3.05, 3.63) is 76.4 Å². The molecule has 1 fully saturated rings. The maximum atomic E-state index is 11.8. The summed E-state index contributed by atoms with van der Waals surface area (Å²) in [6.45, 7) is 5.41. The van der Waals surface area contributed by atoms with Gasteiger partial charge in [-0.2, -0.15) is 13.2 Å². The van der Waals surface area contributed by atoms with Crippen molar-refractivity contribution in [2.45, 2.75) is 19.0 Å². The lowest BCUT2D eigenvalue weighted by Gasteiger charge is -2.20. The molecule has 0 radical (unpaired) electrons. The Morgan fingerprint density at radius 3 is 2.33 bits per heavy atom. The molecule has 1 aliphatic heterocycles. The number of nitrogens with one attached hydrogen (secondary N) is 1. The summed E-state index contributed by atoms with van der Waals surface area (Å²) in [6.07, 6.45) is -0.0970. The number of nitrogens with zero attached hydrogens (tertiary/aromatic N) is 2. The highest BCUT2D eigenvalue weighted by Crippen LogP contribution is 2.27. The van der Waals surface area contributed by atoms with Crippen LogP contribution < -0.4 is 21.9 Å². The first-order chi connectivity index (χ1) is 14.1. The summed E-state index contributed by atoms with van der Waals surface area (Å²) >= 11 is 0. The van der Waals surface area contributed by atoms with Crippen LogP contribution in [0.4, 0.5) is 18.9 Å². The third-order valence-corrected chi connectivity index (χ3v) is 4.35. The van der Waals surface area contributed by atoms with E-state index in [9.17, 15) is 22.8 Å². The molecule has 5 N–H and O–H groups in total. The van der Waals surface area contributed by atoms with Gasteiger partial charge in [0.1, 0.15) is 5.84 Å². The Kier molecular flexibility index (Phi) is 7.40. The van der Waals surface area contributed by atoms with E-state index in [1.807, 2.05) is 17.1 Å². The minimum atomic E-state index is -4.38. The van der Waals surface area contributed by atoms with Crippen LogP contribution in [0.15, 0.2) is 59.1 Å². The fourth-order valence-electron chi connectivity index (χ4n) is 2.89. The summed E-state index contributed by atoms with van der Waals surface area (Å²) in [5.41, 5.74) is 11.9. The lowest BCUT2D eigenvalue weighted by Crippen LogP contribution is -2.24. The van der Waals surface area contributed by atoms with Crippen LogP contribution >= 0.6 is 0 Å². The number of benzene rings is 1. The predicted octanol–water partition coefficient (Wildman–Crippen LogP) is 2.63. The molecule has 0 aliphatic carbocycles. The average Bonchev–Trinajstić information content (AvgIpc) is 3.22. The van der Waals surface area contributed by atoms with E-state index in [0.717, 1.165) is 43.8 Å². The highest BCUT2D eigenvalue weighted by atomic mass is 19.4. The van der Waals surface area contributed by atoms with Crippen LogP contribution in [0, 0.1) is 0 Å². The summed E-state index contributed by atoms with van der Waals surface area (Å²) in [5.74, 6) is -0.124. The van der Waals surface area contributed by atoms with Crippen molar-refractivity contribution >= 4 is 17.4 Å². The molecule has 0 atom stereocenters. The fraction of sp³-hybridized carbons (Fsp3) is 0.250. The van der Waals surface area contributed by atoms with Crippen LogP contribution in [0.25, 0.3) is 0 Å².